The van der Waals surface area contributed by atoms with Crippen LogP contribution in [0.1, 0.15) is 33.0 Å². The predicted octanol–water partition coefficient (Wildman–Crippen LogP) is 5.84. The van der Waals surface area contributed by atoms with Gasteiger partial charge in [0.05, 0.1) is 38.5 Å². The fourth-order valence-electron chi connectivity index (χ4n) is 3.33. The number of amides is 1. The summed E-state index contributed by atoms with van der Waals surface area (Å²) in [6, 6.07) is 6.37. The number of aryl methyl sites for hydroxylation is 1. The number of carbonyl (C=O) groups is 1. The third-order valence-corrected chi connectivity index (χ3v) is 7.96. The molecule has 1 aliphatic rings. The van der Waals surface area contributed by atoms with Gasteiger partial charge in [-0.05, 0) is 41.8 Å². The molecule has 1 unspecified atom stereocenters. The predicted molar refractivity (Wildman–Crippen MR) is 120 cm³/mol. The van der Waals surface area contributed by atoms with Crippen molar-refractivity contribution in [1.29, 1.82) is 0 Å². The molecule has 2 aromatic rings. The summed E-state index contributed by atoms with van der Waals surface area (Å²) in [5.74, 6) is -2.61. The molecule has 1 N–H and O–H groups in total. The Labute approximate surface area is 198 Å². The first kappa shape index (κ1) is 24.9. The SMILES string of the molecule is Cc1cc(/C=C/C(c2cc(Cl)c(Cl)c(Cl)c2)C(F)(F)F)ccc1C(=O)NC1CS(=O)(=O)C1. The maximum Gasteiger partial charge on any atom is 0.399 e. The Bertz CT molecular complexity index is 1160. The fourth-order valence-corrected chi connectivity index (χ4v) is 5.24. The van der Waals surface area contributed by atoms with Crippen LogP contribution in [-0.2, 0) is 9.84 Å². The second-order valence-corrected chi connectivity index (χ2v) is 10.8. The summed E-state index contributed by atoms with van der Waals surface area (Å²) in [4.78, 5) is 12.4. The minimum absolute atomic E-state index is 0.0222. The van der Waals surface area contributed by atoms with E-state index >= 15 is 0 Å². The Morgan fingerprint density at radius 2 is 1.72 bits per heavy atom. The molecule has 0 aromatic heterocycles. The molecule has 1 amide bonds. The largest absolute Gasteiger partial charge is 0.399 e. The normalized spacial score (nSPS) is 17.2. The van der Waals surface area contributed by atoms with E-state index in [2.05, 4.69) is 5.32 Å². The van der Waals surface area contributed by atoms with E-state index in [0.717, 1.165) is 18.2 Å². The molecule has 32 heavy (non-hydrogen) atoms. The number of halogens is 6. The zero-order valence-corrected chi connectivity index (χ0v) is 19.6. The zero-order valence-electron chi connectivity index (χ0n) is 16.5. The highest BCUT2D eigenvalue weighted by Gasteiger charge is 2.39. The molecule has 3 rings (SSSR count). The van der Waals surface area contributed by atoms with Gasteiger partial charge in [-0.2, -0.15) is 13.2 Å². The second-order valence-electron chi connectivity index (χ2n) is 7.50. The van der Waals surface area contributed by atoms with Crippen molar-refractivity contribution in [1.82, 2.24) is 5.32 Å². The van der Waals surface area contributed by atoms with Gasteiger partial charge in [0.1, 0.15) is 0 Å². The van der Waals surface area contributed by atoms with Gasteiger partial charge in [-0.1, -0.05) is 59.1 Å². The summed E-state index contributed by atoms with van der Waals surface area (Å²) in [7, 11) is -3.07. The summed E-state index contributed by atoms with van der Waals surface area (Å²) in [5.41, 5.74) is 1.14. The summed E-state index contributed by atoms with van der Waals surface area (Å²) < 4.78 is 63.5. The lowest BCUT2D eigenvalue weighted by molar-refractivity contribution is -0.139. The van der Waals surface area contributed by atoms with Crippen molar-refractivity contribution in [3.63, 3.8) is 0 Å². The van der Waals surface area contributed by atoms with Crippen molar-refractivity contribution in [2.45, 2.75) is 25.1 Å². The van der Waals surface area contributed by atoms with Crippen LogP contribution >= 0.6 is 34.8 Å². The van der Waals surface area contributed by atoms with Crippen LogP contribution in [0.15, 0.2) is 36.4 Å². The van der Waals surface area contributed by atoms with Gasteiger partial charge in [-0.15, -0.1) is 0 Å². The van der Waals surface area contributed by atoms with Crippen molar-refractivity contribution in [3.8, 4) is 0 Å². The average Bonchev–Trinajstić information content (AvgIpc) is 2.63. The first-order chi connectivity index (χ1) is 14.8. The van der Waals surface area contributed by atoms with Crippen molar-refractivity contribution < 1.29 is 26.4 Å². The van der Waals surface area contributed by atoms with Crippen LogP contribution in [0.5, 0.6) is 0 Å². The molecule has 1 aliphatic heterocycles. The zero-order chi connectivity index (χ0) is 23.8. The van der Waals surface area contributed by atoms with Crippen LogP contribution in [0.3, 0.4) is 0 Å². The molecule has 0 aliphatic carbocycles. The number of alkyl halides is 3. The summed E-state index contributed by atoms with van der Waals surface area (Å²) in [6.45, 7) is 1.64. The highest BCUT2D eigenvalue weighted by atomic mass is 35.5. The fraction of sp³-hybridized carbons (Fsp3) is 0.286. The number of rotatable bonds is 5. The van der Waals surface area contributed by atoms with E-state index in [9.17, 15) is 26.4 Å². The number of hydrogen-bond donors (Lipinski definition) is 1. The number of nitrogens with one attached hydrogen (secondary N) is 1. The molecule has 0 spiro atoms. The Hall–Kier alpha value is -1.74. The summed E-state index contributed by atoms with van der Waals surface area (Å²) in [5, 5.41) is 2.45. The number of allylic oxidation sites excluding steroid dienone is 1. The molecule has 1 saturated heterocycles. The van der Waals surface area contributed by atoms with Crippen molar-refractivity contribution in [2.24, 2.45) is 0 Å². The highest BCUT2D eigenvalue weighted by molar-refractivity contribution is 7.92. The number of hydrogen-bond acceptors (Lipinski definition) is 3. The Kier molecular flexibility index (Phi) is 7.20. The molecule has 4 nitrogen and oxygen atoms in total. The van der Waals surface area contributed by atoms with E-state index in [1.165, 1.54) is 18.2 Å². The first-order valence-corrected chi connectivity index (χ1v) is 12.2. The number of benzene rings is 2. The van der Waals surface area contributed by atoms with Gasteiger partial charge in [-0.25, -0.2) is 8.42 Å². The highest BCUT2D eigenvalue weighted by Crippen LogP contribution is 2.41. The van der Waals surface area contributed by atoms with Gasteiger partial charge in [0, 0.05) is 5.56 Å². The van der Waals surface area contributed by atoms with Gasteiger partial charge >= 0.3 is 6.18 Å². The number of sulfone groups is 1. The average molecular weight is 527 g/mol. The number of carbonyl (C=O) groups excluding carboxylic acids is 1. The lowest BCUT2D eigenvalue weighted by Crippen LogP contribution is -2.53. The van der Waals surface area contributed by atoms with Crippen molar-refractivity contribution in [2.75, 3.05) is 11.5 Å². The Morgan fingerprint density at radius 3 is 2.22 bits per heavy atom. The molecule has 0 saturated carbocycles. The minimum Gasteiger partial charge on any atom is -0.347 e. The van der Waals surface area contributed by atoms with Crippen LogP contribution in [0.25, 0.3) is 6.08 Å². The van der Waals surface area contributed by atoms with E-state index in [4.69, 9.17) is 34.8 Å². The maximum absolute atomic E-state index is 13.7. The quantitative estimate of drug-likeness (QED) is 0.498. The van der Waals surface area contributed by atoms with Gasteiger partial charge in [0.15, 0.2) is 9.84 Å². The minimum atomic E-state index is -4.60. The van der Waals surface area contributed by atoms with Crippen LogP contribution in [0.2, 0.25) is 15.1 Å². The summed E-state index contributed by atoms with van der Waals surface area (Å²) in [6.07, 6.45) is -2.33. The Morgan fingerprint density at radius 1 is 1.12 bits per heavy atom. The van der Waals surface area contributed by atoms with Crippen LogP contribution in [-0.4, -0.2) is 38.0 Å². The van der Waals surface area contributed by atoms with Gasteiger partial charge in [-0.3, -0.25) is 4.79 Å². The molecule has 2 aromatic carbocycles. The third kappa shape index (κ3) is 5.78. The van der Waals surface area contributed by atoms with E-state index in [1.54, 1.807) is 13.0 Å². The second kappa shape index (κ2) is 9.25. The monoisotopic (exact) mass is 525 g/mol. The maximum atomic E-state index is 13.7. The van der Waals surface area contributed by atoms with Crippen LogP contribution < -0.4 is 5.32 Å². The molecule has 11 heteroatoms. The van der Waals surface area contributed by atoms with E-state index in [1.807, 2.05) is 0 Å². The van der Waals surface area contributed by atoms with Crippen LogP contribution in [0, 0.1) is 6.92 Å². The standard InChI is InChI=1S/C21H17Cl3F3NO3S/c1-11-6-12(2-4-15(11)20(29)28-14-9-32(30,31)10-14)3-5-16(21(25,26)27)13-7-17(22)19(24)18(23)8-13/h2-8,14,16H,9-10H2,1H3,(H,28,29)/b5-3+. The lowest BCUT2D eigenvalue weighted by Gasteiger charge is -2.26. The lowest BCUT2D eigenvalue weighted by atomic mass is 9.96. The third-order valence-electron chi connectivity index (χ3n) is 4.94. The van der Waals surface area contributed by atoms with Crippen molar-refractivity contribution >= 4 is 56.6 Å². The van der Waals surface area contributed by atoms with Crippen molar-refractivity contribution in [3.05, 3.63) is 73.7 Å². The molecule has 1 heterocycles. The first-order valence-electron chi connectivity index (χ1n) is 9.28. The topological polar surface area (TPSA) is 63.2 Å². The molecular weight excluding hydrogens is 510 g/mol. The van der Waals surface area contributed by atoms with E-state index in [0.29, 0.717) is 16.7 Å². The smallest absolute Gasteiger partial charge is 0.347 e. The van der Waals surface area contributed by atoms with E-state index < -0.39 is 33.9 Å². The van der Waals surface area contributed by atoms with Gasteiger partial charge < -0.3 is 5.32 Å². The van der Waals surface area contributed by atoms with Gasteiger partial charge in [0.25, 0.3) is 5.91 Å². The van der Waals surface area contributed by atoms with Gasteiger partial charge in [0.2, 0.25) is 0 Å². The molecular formula is C21H17Cl3F3NO3S. The van der Waals surface area contributed by atoms with E-state index in [-0.39, 0.29) is 32.1 Å². The molecule has 1 atom stereocenters. The molecule has 0 radical (unpaired) electrons. The molecule has 0 bridgehead atoms. The van der Waals surface area contributed by atoms with Crippen LogP contribution in [0.4, 0.5) is 13.2 Å². The molecule has 172 valence electrons. The Balaban J connectivity index is 1.81. The molecule has 1 fully saturated rings. The summed E-state index contributed by atoms with van der Waals surface area (Å²) >= 11 is 17.6.